The SMILES string of the molecule is COC(=O)CCC/C=C\C[C@@H]1C(c2ccc(C(C)(C)C=O)cc2)[C@@H](O[Si](C)(C)C(C)(C)C)C[C@H]1Cl. The molecule has 1 aliphatic rings. The number of unbranched alkanes of at least 4 members (excludes halogenated alkanes) is 1. The molecule has 4 atom stereocenters. The van der Waals surface area contributed by atoms with Gasteiger partial charge in [-0.15, -0.1) is 11.6 Å². The van der Waals surface area contributed by atoms with E-state index in [-0.39, 0.29) is 34.3 Å². The molecule has 0 saturated heterocycles. The number of alkyl halides is 1. The summed E-state index contributed by atoms with van der Waals surface area (Å²) < 4.78 is 11.7. The average Bonchev–Trinajstić information content (AvgIpc) is 3.09. The van der Waals surface area contributed by atoms with Crippen LogP contribution < -0.4 is 0 Å². The van der Waals surface area contributed by atoms with Crippen molar-refractivity contribution in [3.05, 3.63) is 47.5 Å². The third-order valence-electron chi connectivity index (χ3n) is 7.92. The first-order valence-corrected chi connectivity index (χ1v) is 16.2. The lowest BCUT2D eigenvalue weighted by molar-refractivity contribution is -0.140. The van der Waals surface area contributed by atoms with Crippen LogP contribution >= 0.6 is 11.6 Å². The van der Waals surface area contributed by atoms with Gasteiger partial charge in [0.25, 0.3) is 0 Å². The first-order chi connectivity index (χ1) is 16.2. The summed E-state index contributed by atoms with van der Waals surface area (Å²) in [5, 5.41) is 0.148. The summed E-state index contributed by atoms with van der Waals surface area (Å²) in [6.45, 7) is 15.3. The quantitative estimate of drug-likeness (QED) is 0.0754. The summed E-state index contributed by atoms with van der Waals surface area (Å²) in [5.74, 6) is 0.287. The molecule has 35 heavy (non-hydrogen) atoms. The van der Waals surface area contributed by atoms with Gasteiger partial charge in [0.1, 0.15) is 6.29 Å². The molecule has 0 N–H and O–H groups in total. The van der Waals surface area contributed by atoms with Crippen LogP contribution in [0.25, 0.3) is 0 Å². The lowest BCUT2D eigenvalue weighted by Crippen LogP contribution is -2.44. The number of carbonyl (C=O) groups excluding carboxylic acids is 2. The zero-order valence-electron chi connectivity index (χ0n) is 22.9. The second kappa shape index (κ2) is 12.2. The molecule has 0 bridgehead atoms. The Kier molecular flexibility index (Phi) is 10.4. The van der Waals surface area contributed by atoms with Crippen molar-refractivity contribution in [3.8, 4) is 0 Å². The molecule has 4 nitrogen and oxygen atoms in total. The summed E-state index contributed by atoms with van der Waals surface area (Å²) in [4.78, 5) is 22.9. The maximum absolute atomic E-state index is 11.5. The monoisotopic (exact) mass is 520 g/mol. The van der Waals surface area contributed by atoms with Crippen molar-refractivity contribution in [2.24, 2.45) is 5.92 Å². The lowest BCUT2D eigenvalue weighted by Gasteiger charge is -2.40. The minimum absolute atomic E-state index is 0.0283. The number of hydrogen-bond acceptors (Lipinski definition) is 4. The van der Waals surface area contributed by atoms with Crippen LogP contribution in [-0.4, -0.2) is 39.2 Å². The summed E-state index contributed by atoms with van der Waals surface area (Å²) in [6.07, 6.45) is 9.22. The number of hydrogen-bond donors (Lipinski definition) is 0. The van der Waals surface area contributed by atoms with Crippen LogP contribution in [0, 0.1) is 5.92 Å². The summed E-state index contributed by atoms with van der Waals surface area (Å²) >= 11 is 6.98. The fraction of sp³-hybridized carbons (Fsp3) is 0.655. The molecule has 2 rings (SSSR count). The summed E-state index contributed by atoms with van der Waals surface area (Å²) in [5.41, 5.74) is 1.74. The van der Waals surface area contributed by atoms with Crippen LogP contribution in [0.5, 0.6) is 0 Å². The van der Waals surface area contributed by atoms with Crippen molar-refractivity contribution in [3.63, 3.8) is 0 Å². The largest absolute Gasteiger partial charge is 0.469 e. The molecular formula is C29H45ClO4Si. The van der Waals surface area contributed by atoms with Gasteiger partial charge in [0.15, 0.2) is 8.32 Å². The second-order valence-corrected chi connectivity index (χ2v) is 17.3. The van der Waals surface area contributed by atoms with Crippen molar-refractivity contribution in [2.75, 3.05) is 7.11 Å². The minimum atomic E-state index is -1.98. The highest BCUT2D eigenvalue weighted by molar-refractivity contribution is 6.74. The lowest BCUT2D eigenvalue weighted by atomic mass is 9.82. The van der Waals surface area contributed by atoms with Crippen molar-refractivity contribution >= 4 is 32.2 Å². The maximum atomic E-state index is 11.5. The van der Waals surface area contributed by atoms with Gasteiger partial charge in [-0.3, -0.25) is 4.79 Å². The van der Waals surface area contributed by atoms with E-state index in [4.69, 9.17) is 20.8 Å². The number of benzene rings is 1. The molecule has 0 aromatic heterocycles. The third-order valence-corrected chi connectivity index (χ3v) is 12.9. The van der Waals surface area contributed by atoms with Crippen molar-refractivity contribution in [1.29, 1.82) is 0 Å². The van der Waals surface area contributed by atoms with E-state index in [1.54, 1.807) is 0 Å². The van der Waals surface area contributed by atoms with Gasteiger partial charge in [0, 0.05) is 23.1 Å². The van der Waals surface area contributed by atoms with Gasteiger partial charge in [-0.25, -0.2) is 0 Å². The number of allylic oxidation sites excluding steroid dienone is 2. The molecule has 1 saturated carbocycles. The summed E-state index contributed by atoms with van der Waals surface area (Å²) in [6, 6.07) is 8.48. The molecule has 0 radical (unpaired) electrons. The Morgan fingerprint density at radius 3 is 2.29 bits per heavy atom. The highest BCUT2D eigenvalue weighted by Crippen LogP contribution is 2.49. The summed E-state index contributed by atoms with van der Waals surface area (Å²) in [7, 11) is -0.556. The Morgan fingerprint density at radius 2 is 1.74 bits per heavy atom. The van der Waals surface area contributed by atoms with Gasteiger partial charge in [-0.05, 0) is 74.7 Å². The molecule has 1 aromatic carbocycles. The Balaban J connectivity index is 2.27. The molecule has 1 aromatic rings. The molecule has 1 unspecified atom stereocenters. The van der Waals surface area contributed by atoms with E-state index in [0.717, 1.165) is 37.5 Å². The number of halogens is 1. The highest BCUT2D eigenvalue weighted by atomic mass is 35.5. The van der Waals surface area contributed by atoms with Gasteiger partial charge in [0.2, 0.25) is 0 Å². The fourth-order valence-electron chi connectivity index (χ4n) is 4.52. The number of rotatable bonds is 11. The topological polar surface area (TPSA) is 52.6 Å². The molecular weight excluding hydrogens is 476 g/mol. The third kappa shape index (κ3) is 7.77. The Labute approximate surface area is 218 Å². The molecule has 196 valence electrons. The molecule has 1 fully saturated rings. The zero-order chi connectivity index (χ0) is 26.4. The highest BCUT2D eigenvalue weighted by Gasteiger charge is 2.48. The number of ether oxygens (including phenoxy) is 1. The number of carbonyl (C=O) groups is 2. The molecule has 0 spiro atoms. The normalized spacial score (nSPS) is 23.6. The second-order valence-electron chi connectivity index (χ2n) is 12.0. The van der Waals surface area contributed by atoms with Gasteiger partial charge in [0.05, 0.1) is 13.2 Å². The molecule has 1 aliphatic carbocycles. The molecule has 0 heterocycles. The molecule has 0 amide bonds. The minimum Gasteiger partial charge on any atom is -0.469 e. The number of methoxy groups -OCH3 is 1. The Hall–Kier alpha value is -1.43. The van der Waals surface area contributed by atoms with Gasteiger partial charge >= 0.3 is 5.97 Å². The van der Waals surface area contributed by atoms with E-state index < -0.39 is 13.7 Å². The van der Waals surface area contributed by atoms with Crippen LogP contribution in [-0.2, 0) is 24.2 Å². The predicted octanol–water partition coefficient (Wildman–Crippen LogP) is 7.55. The smallest absolute Gasteiger partial charge is 0.305 e. The Bertz CT molecular complexity index is 870. The zero-order valence-corrected chi connectivity index (χ0v) is 24.7. The van der Waals surface area contributed by atoms with E-state index in [9.17, 15) is 9.59 Å². The number of esters is 1. The van der Waals surface area contributed by atoms with Gasteiger partial charge < -0.3 is 14.0 Å². The van der Waals surface area contributed by atoms with Crippen LogP contribution in [0.2, 0.25) is 18.1 Å². The average molecular weight is 521 g/mol. The van der Waals surface area contributed by atoms with Crippen molar-refractivity contribution in [2.45, 2.75) is 108 Å². The fourth-order valence-corrected chi connectivity index (χ4v) is 6.31. The Morgan fingerprint density at radius 1 is 1.11 bits per heavy atom. The van der Waals surface area contributed by atoms with Crippen molar-refractivity contribution in [1.82, 2.24) is 0 Å². The number of aldehydes is 1. The first-order valence-electron chi connectivity index (χ1n) is 12.8. The predicted molar refractivity (Wildman–Crippen MR) is 148 cm³/mol. The van der Waals surface area contributed by atoms with E-state index in [2.05, 4.69) is 70.3 Å². The molecule has 6 heteroatoms. The standard InChI is InChI=1S/C29H45ClO4Si/c1-28(2,3)35(7,8)34-25-19-24(30)23(13-11-9-10-12-14-26(32)33-6)27(25)21-15-17-22(18-16-21)29(4,5)20-31/h9,11,15-18,20,23-25,27H,10,12-14,19H2,1-8H3/b11-9-/t23-,24+,25-,27?/m0/s1. The van der Waals surface area contributed by atoms with Crippen molar-refractivity contribution < 1.29 is 18.8 Å². The van der Waals surface area contributed by atoms with E-state index in [1.807, 2.05) is 13.8 Å². The first kappa shape index (κ1) is 29.8. The van der Waals surface area contributed by atoms with Crippen LogP contribution in [0.3, 0.4) is 0 Å². The van der Waals surface area contributed by atoms with Crippen LogP contribution in [0.4, 0.5) is 0 Å². The van der Waals surface area contributed by atoms with E-state index >= 15 is 0 Å². The van der Waals surface area contributed by atoms with Gasteiger partial charge in [-0.2, -0.15) is 0 Å². The van der Waals surface area contributed by atoms with E-state index in [0.29, 0.717) is 6.42 Å². The van der Waals surface area contributed by atoms with Crippen LogP contribution in [0.1, 0.15) is 83.8 Å². The molecule has 0 aliphatic heterocycles. The van der Waals surface area contributed by atoms with E-state index in [1.165, 1.54) is 12.7 Å². The maximum Gasteiger partial charge on any atom is 0.305 e. The van der Waals surface area contributed by atoms with Gasteiger partial charge in [-0.1, -0.05) is 57.2 Å². The van der Waals surface area contributed by atoms with Crippen LogP contribution in [0.15, 0.2) is 36.4 Å².